The summed E-state index contributed by atoms with van der Waals surface area (Å²) in [4.78, 5) is 4.22. The first-order chi connectivity index (χ1) is 8.09. The lowest BCUT2D eigenvalue weighted by molar-refractivity contribution is 0.607. The molecule has 17 heavy (non-hydrogen) atoms. The highest BCUT2D eigenvalue weighted by Gasteiger charge is 2.22. The summed E-state index contributed by atoms with van der Waals surface area (Å²) in [5.74, 6) is -0.957. The molecule has 1 aromatic heterocycles. The average molecular weight is 234 g/mol. The first kappa shape index (κ1) is 10.4. The van der Waals surface area contributed by atoms with Crippen molar-refractivity contribution in [1.82, 2.24) is 4.98 Å². The van der Waals surface area contributed by atoms with Gasteiger partial charge in [-0.2, -0.15) is 0 Å². The topological polar surface area (TPSA) is 38.9 Å². The Bertz CT molecular complexity index is 635. The van der Waals surface area contributed by atoms with Crippen LogP contribution >= 0.6 is 0 Å². The molecule has 1 aromatic carbocycles. The van der Waals surface area contributed by atoms with E-state index in [-0.39, 0.29) is 16.5 Å². The van der Waals surface area contributed by atoms with Gasteiger partial charge in [0.15, 0.2) is 0 Å². The first-order valence-electron chi connectivity index (χ1n) is 5.65. The van der Waals surface area contributed by atoms with Crippen LogP contribution in [-0.2, 0) is 12.8 Å². The molecule has 0 saturated heterocycles. The summed E-state index contributed by atoms with van der Waals surface area (Å²) in [5, 5.41) is 0.142. The molecule has 4 heteroatoms. The van der Waals surface area contributed by atoms with E-state index in [2.05, 4.69) is 4.98 Å². The molecule has 0 radical (unpaired) electrons. The smallest absolute Gasteiger partial charge is 0.149 e. The summed E-state index contributed by atoms with van der Waals surface area (Å²) in [7, 11) is 0. The van der Waals surface area contributed by atoms with Crippen LogP contribution in [-0.4, -0.2) is 4.98 Å². The number of aromatic nitrogens is 1. The summed E-state index contributed by atoms with van der Waals surface area (Å²) in [6.07, 6.45) is 2.55. The lowest BCUT2D eigenvalue weighted by atomic mass is 10.0. The third kappa shape index (κ3) is 1.33. The maximum absolute atomic E-state index is 14.0. The number of hydrogen-bond acceptors (Lipinski definition) is 2. The number of pyridine rings is 1. The predicted molar refractivity (Wildman–Crippen MR) is 62.8 cm³/mol. The molecular formula is C13H12F2N2. The zero-order chi connectivity index (χ0) is 12.2. The minimum atomic E-state index is -0.500. The van der Waals surface area contributed by atoms with Gasteiger partial charge in [-0.25, -0.2) is 13.8 Å². The van der Waals surface area contributed by atoms with Crippen LogP contribution in [0.5, 0.6) is 0 Å². The van der Waals surface area contributed by atoms with E-state index in [1.54, 1.807) is 0 Å². The summed E-state index contributed by atoms with van der Waals surface area (Å²) >= 11 is 0. The molecule has 2 nitrogen and oxygen atoms in total. The molecule has 3 rings (SSSR count). The van der Waals surface area contributed by atoms with Crippen molar-refractivity contribution in [3.63, 3.8) is 0 Å². The van der Waals surface area contributed by atoms with Gasteiger partial charge in [0.1, 0.15) is 17.2 Å². The summed E-state index contributed by atoms with van der Waals surface area (Å²) in [6.45, 7) is 1.53. The van der Waals surface area contributed by atoms with Crippen molar-refractivity contribution < 1.29 is 8.78 Å². The maximum Gasteiger partial charge on any atom is 0.149 e. The number of fused-ring (bicyclic) bond motifs is 2. The Morgan fingerprint density at radius 1 is 1.29 bits per heavy atom. The van der Waals surface area contributed by atoms with Crippen molar-refractivity contribution >= 4 is 16.6 Å². The van der Waals surface area contributed by atoms with E-state index in [1.165, 1.54) is 13.0 Å². The van der Waals surface area contributed by atoms with E-state index in [0.29, 0.717) is 5.69 Å². The van der Waals surface area contributed by atoms with Crippen molar-refractivity contribution in [2.24, 2.45) is 0 Å². The van der Waals surface area contributed by atoms with E-state index >= 15 is 0 Å². The third-order valence-electron chi connectivity index (χ3n) is 3.40. The Kier molecular flexibility index (Phi) is 2.08. The molecule has 1 heterocycles. The fraction of sp³-hybridized carbons (Fsp3) is 0.308. The highest BCUT2D eigenvalue weighted by Crippen LogP contribution is 2.35. The first-order valence-corrected chi connectivity index (χ1v) is 5.65. The van der Waals surface area contributed by atoms with Crippen molar-refractivity contribution in [2.75, 3.05) is 5.73 Å². The van der Waals surface area contributed by atoms with Crippen molar-refractivity contribution in [3.05, 3.63) is 34.5 Å². The van der Waals surface area contributed by atoms with Crippen LogP contribution < -0.4 is 5.73 Å². The van der Waals surface area contributed by atoms with Gasteiger partial charge >= 0.3 is 0 Å². The van der Waals surface area contributed by atoms with E-state index < -0.39 is 11.6 Å². The SMILES string of the molecule is Cc1cc(F)c2nc3c(c(N)c2c1F)CCC3. The molecule has 0 amide bonds. The Hall–Kier alpha value is -1.71. The molecule has 0 spiro atoms. The number of rotatable bonds is 0. The number of anilines is 1. The van der Waals surface area contributed by atoms with Gasteiger partial charge in [-0.3, -0.25) is 0 Å². The number of aryl methyl sites for hydroxylation is 2. The van der Waals surface area contributed by atoms with Crippen LogP contribution in [0.2, 0.25) is 0 Å². The Balaban J connectivity index is 2.52. The predicted octanol–water partition coefficient (Wildman–Crippen LogP) is 2.89. The fourth-order valence-electron chi connectivity index (χ4n) is 2.52. The molecule has 1 aliphatic carbocycles. The van der Waals surface area contributed by atoms with Crippen LogP contribution in [0, 0.1) is 18.6 Å². The normalized spacial score (nSPS) is 14.3. The number of nitrogens with two attached hydrogens (primary N) is 1. The van der Waals surface area contributed by atoms with Crippen molar-refractivity contribution in [3.8, 4) is 0 Å². The molecule has 0 unspecified atom stereocenters. The minimum absolute atomic E-state index is 0.0613. The van der Waals surface area contributed by atoms with E-state index in [0.717, 1.165) is 30.5 Å². The van der Waals surface area contributed by atoms with Gasteiger partial charge in [-0.1, -0.05) is 0 Å². The van der Waals surface area contributed by atoms with Crippen LogP contribution in [0.25, 0.3) is 10.9 Å². The molecule has 0 fully saturated rings. The highest BCUT2D eigenvalue weighted by molar-refractivity contribution is 5.93. The lowest BCUT2D eigenvalue weighted by Gasteiger charge is -2.11. The third-order valence-corrected chi connectivity index (χ3v) is 3.40. The quantitative estimate of drug-likeness (QED) is 0.761. The Morgan fingerprint density at radius 3 is 2.82 bits per heavy atom. The molecular weight excluding hydrogens is 222 g/mol. The average Bonchev–Trinajstić information content (AvgIpc) is 2.74. The van der Waals surface area contributed by atoms with Crippen LogP contribution in [0.15, 0.2) is 6.07 Å². The number of halogens is 2. The number of benzene rings is 1. The molecule has 1 aliphatic rings. The molecule has 88 valence electrons. The Morgan fingerprint density at radius 2 is 2.06 bits per heavy atom. The van der Waals surface area contributed by atoms with E-state index in [1.807, 2.05) is 0 Å². The van der Waals surface area contributed by atoms with Gasteiger partial charge in [0, 0.05) is 11.4 Å². The molecule has 2 N–H and O–H groups in total. The van der Waals surface area contributed by atoms with Gasteiger partial charge in [-0.05, 0) is 43.4 Å². The molecule has 0 aliphatic heterocycles. The second kappa shape index (κ2) is 3.39. The second-order valence-corrected chi connectivity index (χ2v) is 4.52. The highest BCUT2D eigenvalue weighted by atomic mass is 19.1. The zero-order valence-corrected chi connectivity index (χ0v) is 9.48. The summed E-state index contributed by atoms with van der Waals surface area (Å²) in [5.41, 5.74) is 8.36. The van der Waals surface area contributed by atoms with Gasteiger partial charge < -0.3 is 5.73 Å². The monoisotopic (exact) mass is 234 g/mol. The molecule has 0 bridgehead atoms. The van der Waals surface area contributed by atoms with Crippen molar-refractivity contribution in [1.29, 1.82) is 0 Å². The Labute approximate surface area is 97.5 Å². The second-order valence-electron chi connectivity index (χ2n) is 4.52. The summed E-state index contributed by atoms with van der Waals surface area (Å²) in [6, 6.07) is 1.17. The van der Waals surface area contributed by atoms with Gasteiger partial charge in [-0.15, -0.1) is 0 Å². The van der Waals surface area contributed by atoms with E-state index in [9.17, 15) is 8.78 Å². The number of nitrogen functional groups attached to an aromatic ring is 1. The largest absolute Gasteiger partial charge is 0.398 e. The standard InChI is InChI=1S/C13H12F2N2/c1-6-5-8(14)13-10(11(6)15)12(16)7-3-2-4-9(7)17-13/h5H,2-4H2,1H3,(H2,16,17). The maximum atomic E-state index is 14.0. The summed E-state index contributed by atoms with van der Waals surface area (Å²) < 4.78 is 27.8. The van der Waals surface area contributed by atoms with Gasteiger partial charge in [0.25, 0.3) is 0 Å². The van der Waals surface area contributed by atoms with Crippen LogP contribution in [0.4, 0.5) is 14.5 Å². The number of nitrogens with zero attached hydrogens (tertiary/aromatic N) is 1. The molecule has 2 aromatic rings. The van der Waals surface area contributed by atoms with E-state index in [4.69, 9.17) is 5.73 Å². The van der Waals surface area contributed by atoms with Gasteiger partial charge in [0.2, 0.25) is 0 Å². The van der Waals surface area contributed by atoms with Gasteiger partial charge in [0.05, 0.1) is 5.39 Å². The van der Waals surface area contributed by atoms with Crippen LogP contribution in [0.1, 0.15) is 23.2 Å². The van der Waals surface area contributed by atoms with Crippen molar-refractivity contribution in [2.45, 2.75) is 26.2 Å². The lowest BCUT2D eigenvalue weighted by Crippen LogP contribution is -2.03. The zero-order valence-electron chi connectivity index (χ0n) is 9.48. The van der Waals surface area contributed by atoms with Crippen LogP contribution in [0.3, 0.4) is 0 Å². The molecule has 0 saturated carbocycles. The molecule has 0 atom stereocenters. The minimum Gasteiger partial charge on any atom is -0.398 e. The number of hydrogen-bond donors (Lipinski definition) is 1. The fourth-order valence-corrected chi connectivity index (χ4v) is 2.52.